The van der Waals surface area contributed by atoms with Crippen LogP contribution >= 0.6 is 0 Å². The maximum atomic E-state index is 13.2. The van der Waals surface area contributed by atoms with Gasteiger partial charge in [-0.3, -0.25) is 14.5 Å². The summed E-state index contributed by atoms with van der Waals surface area (Å²) in [6, 6.07) is 11.7. The number of rotatable bonds is 7. The van der Waals surface area contributed by atoms with Gasteiger partial charge in [-0.15, -0.1) is 0 Å². The molecule has 2 saturated heterocycles. The van der Waals surface area contributed by atoms with Crippen molar-refractivity contribution in [2.24, 2.45) is 0 Å². The fourth-order valence-electron chi connectivity index (χ4n) is 4.42. The summed E-state index contributed by atoms with van der Waals surface area (Å²) in [5, 5.41) is 11.2. The molecule has 0 saturated carbocycles. The zero-order valence-electron chi connectivity index (χ0n) is 19.7. The lowest BCUT2D eigenvalue weighted by molar-refractivity contribution is -0.140. The van der Waals surface area contributed by atoms with Gasteiger partial charge in [-0.25, -0.2) is 0 Å². The molecule has 0 aromatic heterocycles. The van der Waals surface area contributed by atoms with Crippen LogP contribution in [0.5, 0.6) is 11.5 Å². The van der Waals surface area contributed by atoms with Gasteiger partial charge in [0.15, 0.2) is 0 Å². The fraction of sp³-hybridized carbons (Fsp3) is 0.385. The number of likely N-dealkylation sites (tertiary alicyclic amines) is 1. The number of carbonyl (C=O) groups is 2. The van der Waals surface area contributed by atoms with Crippen LogP contribution in [0.15, 0.2) is 48.0 Å². The number of aliphatic hydroxyl groups is 1. The van der Waals surface area contributed by atoms with E-state index in [1.54, 1.807) is 37.4 Å². The summed E-state index contributed by atoms with van der Waals surface area (Å²) in [4.78, 5) is 30.2. The van der Waals surface area contributed by atoms with Crippen LogP contribution in [0, 0.1) is 6.92 Å². The number of methoxy groups -OCH3 is 2. The maximum Gasteiger partial charge on any atom is 0.295 e. The molecule has 2 heterocycles. The number of hydrogen-bond donors (Lipinski definition) is 1. The SMILES string of the molecule is COc1ccc(C2/C(=C(/O)c3ccc(C)cc3)C(=O)C(=O)N2CCN2CCOCC2)c(OC)c1. The van der Waals surface area contributed by atoms with Crippen molar-refractivity contribution in [2.45, 2.75) is 13.0 Å². The van der Waals surface area contributed by atoms with Crippen LogP contribution in [0.25, 0.3) is 5.76 Å². The normalized spacial score (nSPS) is 20.6. The molecule has 2 aliphatic rings. The van der Waals surface area contributed by atoms with Crippen molar-refractivity contribution >= 4 is 17.4 Å². The predicted molar refractivity (Wildman–Crippen MR) is 127 cm³/mol. The second kappa shape index (κ2) is 10.3. The largest absolute Gasteiger partial charge is 0.507 e. The van der Waals surface area contributed by atoms with Gasteiger partial charge >= 0.3 is 0 Å². The molecule has 8 nitrogen and oxygen atoms in total. The standard InChI is InChI=1S/C26H30N2O6/c1-17-4-6-18(7-5-17)24(29)22-23(20-9-8-19(32-2)16-21(20)33-3)28(26(31)25(22)30)11-10-27-12-14-34-15-13-27/h4-9,16,23,29H,10-15H2,1-3H3/b24-22-. The molecule has 2 aromatic rings. The van der Waals surface area contributed by atoms with Gasteiger partial charge in [0, 0.05) is 43.4 Å². The molecular weight excluding hydrogens is 436 g/mol. The number of aryl methyl sites for hydroxylation is 1. The van der Waals surface area contributed by atoms with Gasteiger partial charge in [0.25, 0.3) is 11.7 Å². The summed E-state index contributed by atoms with van der Waals surface area (Å²) in [5.74, 6) is -0.482. The first-order valence-corrected chi connectivity index (χ1v) is 11.3. The van der Waals surface area contributed by atoms with E-state index in [4.69, 9.17) is 14.2 Å². The van der Waals surface area contributed by atoms with Crippen molar-refractivity contribution in [2.75, 3.05) is 53.6 Å². The number of morpholine rings is 1. The Labute approximate surface area is 199 Å². The Morgan fingerprint density at radius 1 is 1.03 bits per heavy atom. The van der Waals surface area contributed by atoms with E-state index in [0.29, 0.717) is 48.9 Å². The maximum absolute atomic E-state index is 13.2. The molecule has 0 bridgehead atoms. The van der Waals surface area contributed by atoms with Crippen LogP contribution < -0.4 is 9.47 Å². The molecule has 180 valence electrons. The summed E-state index contributed by atoms with van der Waals surface area (Å²) in [5.41, 5.74) is 2.17. The Hall–Kier alpha value is -3.36. The molecule has 2 aliphatic heterocycles. The van der Waals surface area contributed by atoms with Gasteiger partial charge in [0.2, 0.25) is 0 Å². The van der Waals surface area contributed by atoms with Crippen LogP contribution in [0.1, 0.15) is 22.7 Å². The van der Waals surface area contributed by atoms with Gasteiger partial charge in [-0.05, 0) is 19.1 Å². The number of ketones is 1. The number of ether oxygens (including phenoxy) is 3. The highest BCUT2D eigenvalue weighted by molar-refractivity contribution is 6.46. The molecule has 1 amide bonds. The third-order valence-corrected chi connectivity index (χ3v) is 6.36. The molecule has 2 aromatic carbocycles. The average molecular weight is 467 g/mol. The number of aliphatic hydroxyl groups excluding tert-OH is 1. The molecule has 8 heteroatoms. The fourth-order valence-corrected chi connectivity index (χ4v) is 4.42. The minimum Gasteiger partial charge on any atom is -0.507 e. The molecule has 4 rings (SSSR count). The third-order valence-electron chi connectivity index (χ3n) is 6.36. The van der Waals surface area contributed by atoms with E-state index in [9.17, 15) is 14.7 Å². The second-order valence-electron chi connectivity index (χ2n) is 8.42. The summed E-state index contributed by atoms with van der Waals surface area (Å²) in [7, 11) is 3.08. The summed E-state index contributed by atoms with van der Waals surface area (Å²) >= 11 is 0. The van der Waals surface area contributed by atoms with Gasteiger partial charge in [-0.2, -0.15) is 0 Å². The third kappa shape index (κ3) is 4.64. The summed E-state index contributed by atoms with van der Waals surface area (Å²) in [6.07, 6.45) is 0. The lowest BCUT2D eigenvalue weighted by Crippen LogP contribution is -2.42. The second-order valence-corrected chi connectivity index (χ2v) is 8.42. The highest BCUT2D eigenvalue weighted by Gasteiger charge is 2.47. The number of hydrogen-bond acceptors (Lipinski definition) is 7. The quantitative estimate of drug-likeness (QED) is 0.381. The lowest BCUT2D eigenvalue weighted by atomic mass is 9.94. The zero-order chi connectivity index (χ0) is 24.2. The Kier molecular flexibility index (Phi) is 7.19. The van der Waals surface area contributed by atoms with Crippen molar-refractivity contribution in [3.05, 3.63) is 64.7 Å². The Balaban J connectivity index is 1.79. The Morgan fingerprint density at radius 3 is 2.38 bits per heavy atom. The van der Waals surface area contributed by atoms with Crippen LogP contribution in [0.4, 0.5) is 0 Å². The van der Waals surface area contributed by atoms with Gasteiger partial charge < -0.3 is 24.2 Å². The monoisotopic (exact) mass is 466 g/mol. The molecule has 0 aliphatic carbocycles. The molecule has 34 heavy (non-hydrogen) atoms. The average Bonchev–Trinajstić information content (AvgIpc) is 3.12. The van der Waals surface area contributed by atoms with Crippen molar-refractivity contribution in [1.29, 1.82) is 0 Å². The summed E-state index contributed by atoms with van der Waals surface area (Å²) < 4.78 is 16.3. The molecule has 1 N–H and O–H groups in total. The van der Waals surface area contributed by atoms with E-state index in [1.165, 1.54) is 12.0 Å². The molecule has 1 unspecified atom stereocenters. The number of benzene rings is 2. The van der Waals surface area contributed by atoms with E-state index in [0.717, 1.165) is 18.7 Å². The van der Waals surface area contributed by atoms with Gasteiger partial charge in [0.1, 0.15) is 17.3 Å². The molecule has 2 fully saturated rings. The number of nitrogens with zero attached hydrogens (tertiary/aromatic N) is 2. The van der Waals surface area contributed by atoms with E-state index in [2.05, 4.69) is 4.90 Å². The van der Waals surface area contributed by atoms with Crippen LogP contribution in [0.3, 0.4) is 0 Å². The van der Waals surface area contributed by atoms with E-state index in [-0.39, 0.29) is 11.3 Å². The van der Waals surface area contributed by atoms with Crippen molar-refractivity contribution in [3.8, 4) is 11.5 Å². The number of amides is 1. The number of Topliss-reactive ketones (excluding diaryl/α,β-unsaturated/α-hetero) is 1. The zero-order valence-corrected chi connectivity index (χ0v) is 19.7. The van der Waals surface area contributed by atoms with Gasteiger partial charge in [-0.1, -0.05) is 29.8 Å². The van der Waals surface area contributed by atoms with Gasteiger partial charge in [0.05, 0.1) is 39.0 Å². The highest BCUT2D eigenvalue weighted by atomic mass is 16.5. The van der Waals surface area contributed by atoms with Crippen LogP contribution in [-0.2, 0) is 14.3 Å². The Bertz CT molecular complexity index is 1090. The summed E-state index contributed by atoms with van der Waals surface area (Å²) in [6.45, 7) is 5.68. The molecule has 0 radical (unpaired) electrons. The Morgan fingerprint density at radius 2 is 1.74 bits per heavy atom. The highest BCUT2D eigenvalue weighted by Crippen LogP contribution is 2.43. The first-order valence-electron chi connectivity index (χ1n) is 11.3. The first kappa shape index (κ1) is 23.8. The smallest absolute Gasteiger partial charge is 0.295 e. The molecule has 1 atom stereocenters. The predicted octanol–water partition coefficient (Wildman–Crippen LogP) is 2.77. The topological polar surface area (TPSA) is 88.5 Å². The molecule has 0 spiro atoms. The van der Waals surface area contributed by atoms with Crippen LogP contribution in [-0.4, -0.2) is 80.2 Å². The lowest BCUT2D eigenvalue weighted by Gasteiger charge is -2.31. The van der Waals surface area contributed by atoms with E-state index in [1.807, 2.05) is 19.1 Å². The minimum atomic E-state index is -0.789. The van der Waals surface area contributed by atoms with Crippen molar-refractivity contribution in [1.82, 2.24) is 9.80 Å². The minimum absolute atomic E-state index is 0.0549. The van der Waals surface area contributed by atoms with E-state index >= 15 is 0 Å². The van der Waals surface area contributed by atoms with Crippen LogP contribution in [0.2, 0.25) is 0 Å². The molecular formula is C26H30N2O6. The first-order chi connectivity index (χ1) is 16.4. The number of carbonyl (C=O) groups excluding carboxylic acids is 2. The van der Waals surface area contributed by atoms with E-state index < -0.39 is 17.7 Å². The van der Waals surface area contributed by atoms with Crippen molar-refractivity contribution in [3.63, 3.8) is 0 Å². The van der Waals surface area contributed by atoms with Crippen molar-refractivity contribution < 1.29 is 28.9 Å².